The molecule has 0 saturated heterocycles. The summed E-state index contributed by atoms with van der Waals surface area (Å²) < 4.78 is 13.5. The van der Waals surface area contributed by atoms with Gasteiger partial charge in [0.2, 0.25) is 0 Å². The molecule has 322 valence electrons. The van der Waals surface area contributed by atoms with Crippen LogP contribution in [0.4, 0.5) is 17.1 Å². The molecule has 0 unspecified atom stereocenters. The molecular formula is C66H41NO2. The molecule has 0 amide bonds. The third-order valence-corrected chi connectivity index (χ3v) is 15.4. The largest absolute Gasteiger partial charge is 0.457 e. The number of ether oxygens (including phenoxy) is 2. The highest BCUT2D eigenvalue weighted by Crippen LogP contribution is 2.66. The Hall–Kier alpha value is -8.92. The second-order valence-corrected chi connectivity index (χ2v) is 18.6. The summed E-state index contributed by atoms with van der Waals surface area (Å²) in [6.45, 7) is 0. The highest BCUT2D eigenvalue weighted by molar-refractivity contribution is 6.04. The van der Waals surface area contributed by atoms with Gasteiger partial charge in [-0.2, -0.15) is 0 Å². The van der Waals surface area contributed by atoms with E-state index in [2.05, 4.69) is 254 Å². The highest BCUT2D eigenvalue weighted by atomic mass is 16.5. The molecule has 2 aliphatic heterocycles. The Bertz CT molecular complexity index is 3850. The first kappa shape index (κ1) is 38.2. The van der Waals surface area contributed by atoms with E-state index in [9.17, 15) is 0 Å². The monoisotopic (exact) mass is 879 g/mol. The Morgan fingerprint density at radius 1 is 0.304 bits per heavy atom. The Morgan fingerprint density at radius 2 is 0.812 bits per heavy atom. The predicted octanol–water partition coefficient (Wildman–Crippen LogP) is 16.9. The van der Waals surface area contributed by atoms with E-state index in [0.717, 1.165) is 73.4 Å². The lowest BCUT2D eigenvalue weighted by Gasteiger charge is -2.40. The number of benzene rings is 11. The molecule has 0 fully saturated rings. The van der Waals surface area contributed by atoms with Gasteiger partial charge in [-0.3, -0.25) is 0 Å². The number of fused-ring (bicyclic) bond motifs is 20. The normalized spacial score (nSPS) is 14.3. The van der Waals surface area contributed by atoms with Crippen LogP contribution in [0.15, 0.2) is 249 Å². The van der Waals surface area contributed by atoms with Gasteiger partial charge in [0, 0.05) is 39.1 Å². The van der Waals surface area contributed by atoms with Crippen LogP contribution >= 0.6 is 0 Å². The highest BCUT2D eigenvalue weighted by Gasteiger charge is 2.54. The van der Waals surface area contributed by atoms with Crippen molar-refractivity contribution in [3.8, 4) is 56.4 Å². The zero-order chi connectivity index (χ0) is 45.3. The van der Waals surface area contributed by atoms with Gasteiger partial charge < -0.3 is 14.4 Å². The topological polar surface area (TPSA) is 21.7 Å². The smallest absolute Gasteiger partial charge is 0.132 e. The van der Waals surface area contributed by atoms with Crippen molar-refractivity contribution < 1.29 is 9.47 Å². The summed E-state index contributed by atoms with van der Waals surface area (Å²) in [5.41, 5.74) is 18.8. The minimum Gasteiger partial charge on any atom is -0.457 e. The molecule has 69 heavy (non-hydrogen) atoms. The average molecular weight is 880 g/mol. The van der Waals surface area contributed by atoms with Gasteiger partial charge in [-0.25, -0.2) is 0 Å². The summed E-state index contributed by atoms with van der Waals surface area (Å²) in [5, 5.41) is 2.46. The lowest BCUT2D eigenvalue weighted by atomic mass is 9.65. The van der Waals surface area contributed by atoms with Crippen LogP contribution in [0, 0.1) is 0 Å². The van der Waals surface area contributed by atoms with Crippen LogP contribution in [-0.2, 0) is 10.8 Å². The quantitative estimate of drug-likeness (QED) is 0.176. The lowest BCUT2D eigenvalue weighted by Crippen LogP contribution is -2.32. The number of rotatable bonds is 4. The summed E-state index contributed by atoms with van der Waals surface area (Å²) in [4.78, 5) is 2.53. The van der Waals surface area contributed by atoms with Gasteiger partial charge in [-0.05, 0) is 104 Å². The van der Waals surface area contributed by atoms with Crippen LogP contribution in [-0.4, -0.2) is 0 Å². The molecule has 0 N–H and O–H groups in total. The maximum atomic E-state index is 6.79. The van der Waals surface area contributed by atoms with E-state index in [4.69, 9.17) is 9.47 Å². The average Bonchev–Trinajstić information content (AvgIpc) is 3.88. The van der Waals surface area contributed by atoms with Crippen molar-refractivity contribution in [1.29, 1.82) is 0 Å². The van der Waals surface area contributed by atoms with Crippen molar-refractivity contribution in [2.75, 3.05) is 4.90 Å². The third-order valence-electron chi connectivity index (χ3n) is 15.4. The Kier molecular flexibility index (Phi) is 7.92. The van der Waals surface area contributed by atoms with Gasteiger partial charge >= 0.3 is 0 Å². The molecule has 3 nitrogen and oxygen atoms in total. The molecule has 0 atom stereocenters. The summed E-state index contributed by atoms with van der Waals surface area (Å²) in [6.07, 6.45) is 0. The van der Waals surface area contributed by atoms with Crippen LogP contribution in [0.2, 0.25) is 0 Å². The number of nitrogens with zero attached hydrogens (tertiary/aromatic N) is 1. The van der Waals surface area contributed by atoms with Crippen LogP contribution < -0.4 is 14.4 Å². The van der Waals surface area contributed by atoms with Crippen LogP contribution in [0.25, 0.3) is 44.2 Å². The number of hydrogen-bond acceptors (Lipinski definition) is 3. The Labute approximate surface area is 400 Å². The standard InChI is InChI=1S/C66H41NO2/c1-2-19-42(20-3-1)45-22-7-13-31-57(45)67(58-32-18-30-56-63(58)48-24-6-8-25-50(48)65(56)52-26-9-14-33-59(52)68-60-34-15-10-27-53(60)65)44-38-40-51-49(41-44)47-39-37-43-21-4-5-23-46(43)64(47)66(51)54-28-11-16-35-61(54)69-62-36-17-12-29-55(62)66/h1-41H. The summed E-state index contributed by atoms with van der Waals surface area (Å²) >= 11 is 0. The summed E-state index contributed by atoms with van der Waals surface area (Å²) in [5.74, 6) is 3.53. The van der Waals surface area contributed by atoms with Gasteiger partial charge in [0.15, 0.2) is 0 Å². The van der Waals surface area contributed by atoms with Crippen LogP contribution in [0.5, 0.6) is 23.0 Å². The molecule has 0 saturated carbocycles. The van der Waals surface area contributed by atoms with Crippen molar-refractivity contribution >= 4 is 27.8 Å². The Morgan fingerprint density at radius 3 is 1.49 bits per heavy atom. The molecule has 11 aromatic rings. The van der Waals surface area contributed by atoms with Crippen LogP contribution in [0.3, 0.4) is 0 Å². The number of para-hydroxylation sites is 5. The van der Waals surface area contributed by atoms with E-state index in [1.165, 1.54) is 55.3 Å². The predicted molar refractivity (Wildman–Crippen MR) is 279 cm³/mol. The molecule has 4 aliphatic rings. The fourth-order valence-electron chi connectivity index (χ4n) is 12.8. The first-order valence-corrected chi connectivity index (χ1v) is 23.8. The van der Waals surface area contributed by atoms with E-state index >= 15 is 0 Å². The minimum atomic E-state index is -0.634. The van der Waals surface area contributed by atoms with E-state index < -0.39 is 10.8 Å². The van der Waals surface area contributed by atoms with Crippen molar-refractivity contribution in [2.24, 2.45) is 0 Å². The molecule has 11 aromatic carbocycles. The van der Waals surface area contributed by atoms with E-state index in [0.29, 0.717) is 0 Å². The lowest BCUT2D eigenvalue weighted by molar-refractivity contribution is 0.436. The second kappa shape index (κ2) is 14.3. The van der Waals surface area contributed by atoms with Gasteiger partial charge in [-0.1, -0.05) is 200 Å². The molecule has 15 rings (SSSR count). The van der Waals surface area contributed by atoms with E-state index in [-0.39, 0.29) is 0 Å². The van der Waals surface area contributed by atoms with Gasteiger partial charge in [0.05, 0.1) is 22.2 Å². The fourth-order valence-corrected chi connectivity index (χ4v) is 12.8. The van der Waals surface area contributed by atoms with E-state index in [1.807, 2.05) is 0 Å². The van der Waals surface area contributed by atoms with Crippen LogP contribution in [0.1, 0.15) is 44.5 Å². The van der Waals surface area contributed by atoms with Crippen molar-refractivity contribution in [3.05, 3.63) is 293 Å². The summed E-state index contributed by atoms with van der Waals surface area (Å²) in [6, 6.07) is 91.0. The Balaban J connectivity index is 1.05. The molecule has 2 heterocycles. The third kappa shape index (κ3) is 5.01. The summed E-state index contributed by atoms with van der Waals surface area (Å²) in [7, 11) is 0. The molecule has 2 spiro atoms. The SMILES string of the molecule is c1ccc(-c2ccccc2N(c2ccc3c(c2)-c2ccc4ccccc4c2C32c3ccccc3Oc3ccccc32)c2cccc3c2-c2ccccc2C32c3ccccc3Oc3ccccc32)cc1. The molecule has 0 aromatic heterocycles. The maximum Gasteiger partial charge on any atom is 0.132 e. The first-order valence-electron chi connectivity index (χ1n) is 23.8. The minimum absolute atomic E-state index is 0.619. The first-order chi connectivity index (χ1) is 34.2. The van der Waals surface area contributed by atoms with Crippen molar-refractivity contribution in [1.82, 2.24) is 0 Å². The second-order valence-electron chi connectivity index (χ2n) is 18.6. The molecular weight excluding hydrogens is 839 g/mol. The van der Waals surface area contributed by atoms with Crippen molar-refractivity contribution in [2.45, 2.75) is 10.8 Å². The zero-order valence-corrected chi connectivity index (χ0v) is 37.4. The zero-order valence-electron chi connectivity index (χ0n) is 37.4. The molecule has 3 heteroatoms. The van der Waals surface area contributed by atoms with Gasteiger partial charge in [0.1, 0.15) is 23.0 Å². The number of anilines is 3. The molecule has 0 bridgehead atoms. The van der Waals surface area contributed by atoms with Gasteiger partial charge in [-0.15, -0.1) is 0 Å². The van der Waals surface area contributed by atoms with E-state index in [1.54, 1.807) is 0 Å². The van der Waals surface area contributed by atoms with Gasteiger partial charge in [0.25, 0.3) is 0 Å². The molecule has 0 radical (unpaired) electrons. The maximum absolute atomic E-state index is 6.79. The molecule has 2 aliphatic carbocycles. The fraction of sp³-hybridized carbons (Fsp3) is 0.0303. The van der Waals surface area contributed by atoms with Crippen molar-refractivity contribution in [3.63, 3.8) is 0 Å². The number of hydrogen-bond donors (Lipinski definition) is 0.